The van der Waals surface area contributed by atoms with Gasteiger partial charge in [-0.1, -0.05) is 17.2 Å². The molecule has 0 aromatic carbocycles. The van der Waals surface area contributed by atoms with Gasteiger partial charge in [0, 0.05) is 25.5 Å². The first-order chi connectivity index (χ1) is 15.9. The van der Waals surface area contributed by atoms with Gasteiger partial charge in [-0.3, -0.25) is 9.59 Å². The number of nitrogens with one attached hydrogen (secondary N) is 1. The van der Waals surface area contributed by atoms with Gasteiger partial charge < -0.3 is 19.3 Å². The Morgan fingerprint density at radius 3 is 2.30 bits per heavy atom. The van der Waals surface area contributed by atoms with E-state index >= 15 is 0 Å². The number of hydrogen-bond acceptors (Lipinski definition) is 8. The molecule has 5 rings (SSSR count). The first kappa shape index (κ1) is 21.0. The van der Waals surface area contributed by atoms with E-state index < -0.39 is 0 Å². The standard InChI is InChI=1S/C23H24N6O4/c1-12-5-4-6-29(23(31)16-8-18-14(3)28-33-22(18)26-10-16)19(12)11-24-20(30)15-7-17-13(2)27-32-21(17)25-9-15/h7-10,12,19H,4-6,11H2,1-3H3,(H,24,30). The first-order valence-electron chi connectivity index (χ1n) is 11.0. The third kappa shape index (κ3) is 3.81. The van der Waals surface area contributed by atoms with E-state index in [1.807, 2.05) is 11.8 Å². The highest BCUT2D eigenvalue weighted by Gasteiger charge is 2.33. The summed E-state index contributed by atoms with van der Waals surface area (Å²) in [6.07, 6.45) is 4.89. The van der Waals surface area contributed by atoms with Gasteiger partial charge in [0.05, 0.1) is 39.3 Å². The zero-order valence-electron chi connectivity index (χ0n) is 18.7. The van der Waals surface area contributed by atoms with Gasteiger partial charge in [-0.2, -0.15) is 0 Å². The van der Waals surface area contributed by atoms with Crippen molar-refractivity contribution in [2.45, 2.75) is 39.7 Å². The molecule has 170 valence electrons. The maximum atomic E-state index is 13.4. The molecule has 1 saturated heterocycles. The summed E-state index contributed by atoms with van der Waals surface area (Å²) in [7, 11) is 0. The fourth-order valence-electron chi connectivity index (χ4n) is 4.41. The molecule has 0 saturated carbocycles. The molecule has 5 heterocycles. The number of carbonyl (C=O) groups is 2. The molecule has 1 N–H and O–H groups in total. The molecule has 1 aliphatic rings. The lowest BCUT2D eigenvalue weighted by molar-refractivity contribution is 0.0507. The van der Waals surface area contributed by atoms with Gasteiger partial charge >= 0.3 is 0 Å². The lowest BCUT2D eigenvalue weighted by atomic mass is 9.90. The molecule has 4 aromatic heterocycles. The van der Waals surface area contributed by atoms with Crippen LogP contribution in [0.2, 0.25) is 0 Å². The number of likely N-dealkylation sites (tertiary alicyclic amines) is 1. The van der Waals surface area contributed by atoms with E-state index in [0.717, 1.165) is 18.2 Å². The Kier molecular flexibility index (Phi) is 5.27. The molecule has 10 nitrogen and oxygen atoms in total. The summed E-state index contributed by atoms with van der Waals surface area (Å²) < 4.78 is 10.3. The first-order valence-corrected chi connectivity index (χ1v) is 11.0. The maximum absolute atomic E-state index is 13.4. The summed E-state index contributed by atoms with van der Waals surface area (Å²) >= 11 is 0. The zero-order chi connectivity index (χ0) is 23.1. The molecule has 1 aliphatic heterocycles. The Balaban J connectivity index is 1.34. The molecule has 33 heavy (non-hydrogen) atoms. The van der Waals surface area contributed by atoms with Crippen molar-refractivity contribution in [2.75, 3.05) is 13.1 Å². The monoisotopic (exact) mass is 448 g/mol. The molecule has 0 aliphatic carbocycles. The molecular weight excluding hydrogens is 424 g/mol. The van der Waals surface area contributed by atoms with Gasteiger partial charge in [-0.05, 0) is 44.7 Å². The molecule has 10 heteroatoms. The Hall–Kier alpha value is -3.82. The van der Waals surface area contributed by atoms with E-state index in [9.17, 15) is 9.59 Å². The predicted octanol–water partition coefficient (Wildman–Crippen LogP) is 3.05. The summed E-state index contributed by atoms with van der Waals surface area (Å²) in [4.78, 5) is 36.5. The average molecular weight is 448 g/mol. The van der Waals surface area contributed by atoms with Crippen LogP contribution in [-0.2, 0) is 0 Å². The third-order valence-corrected chi connectivity index (χ3v) is 6.38. The molecule has 0 radical (unpaired) electrons. The van der Waals surface area contributed by atoms with Gasteiger partial charge in [-0.25, -0.2) is 9.97 Å². The SMILES string of the molecule is Cc1noc2ncc(C(=O)NCC3C(C)CCCN3C(=O)c3cnc4onc(C)c4c3)cc12. The molecular formula is C23H24N6O4. The summed E-state index contributed by atoms with van der Waals surface area (Å²) in [6.45, 7) is 6.69. The normalized spacial score (nSPS) is 18.7. The zero-order valence-corrected chi connectivity index (χ0v) is 18.7. The minimum atomic E-state index is -0.252. The van der Waals surface area contributed by atoms with Crippen molar-refractivity contribution in [1.29, 1.82) is 0 Å². The van der Waals surface area contributed by atoms with E-state index in [1.54, 1.807) is 19.1 Å². The fraction of sp³-hybridized carbons (Fsp3) is 0.391. The van der Waals surface area contributed by atoms with E-state index in [0.29, 0.717) is 52.4 Å². The Morgan fingerprint density at radius 1 is 1.03 bits per heavy atom. The number of nitrogens with zero attached hydrogens (tertiary/aromatic N) is 5. The molecule has 2 unspecified atom stereocenters. The van der Waals surface area contributed by atoms with Gasteiger partial charge in [-0.15, -0.1) is 0 Å². The Morgan fingerprint density at radius 2 is 1.64 bits per heavy atom. The van der Waals surface area contributed by atoms with Crippen molar-refractivity contribution in [1.82, 2.24) is 30.5 Å². The third-order valence-electron chi connectivity index (χ3n) is 6.38. The number of amides is 2. The van der Waals surface area contributed by atoms with E-state index in [2.05, 4.69) is 32.5 Å². The maximum Gasteiger partial charge on any atom is 0.257 e. The quantitative estimate of drug-likeness (QED) is 0.505. The Labute approximate surface area is 189 Å². The second kappa shape index (κ2) is 8.27. The molecule has 0 bridgehead atoms. The highest BCUT2D eigenvalue weighted by Crippen LogP contribution is 2.26. The van der Waals surface area contributed by atoms with Gasteiger partial charge in [0.1, 0.15) is 0 Å². The van der Waals surface area contributed by atoms with Gasteiger partial charge in [0.15, 0.2) is 0 Å². The number of pyridine rings is 2. The topological polar surface area (TPSA) is 127 Å². The fourth-order valence-corrected chi connectivity index (χ4v) is 4.41. The number of aromatic nitrogens is 4. The van der Waals surface area contributed by atoms with Crippen LogP contribution in [0, 0.1) is 19.8 Å². The number of aryl methyl sites for hydroxylation is 2. The van der Waals surface area contributed by atoms with Crippen LogP contribution in [-0.4, -0.2) is 56.1 Å². The molecule has 1 fully saturated rings. The van der Waals surface area contributed by atoms with Crippen molar-refractivity contribution in [2.24, 2.45) is 5.92 Å². The smallest absolute Gasteiger partial charge is 0.257 e. The number of piperidine rings is 1. The predicted molar refractivity (Wildman–Crippen MR) is 119 cm³/mol. The van der Waals surface area contributed by atoms with Crippen molar-refractivity contribution >= 4 is 34.0 Å². The van der Waals surface area contributed by atoms with Crippen LogP contribution in [0.15, 0.2) is 33.6 Å². The van der Waals surface area contributed by atoms with Crippen LogP contribution < -0.4 is 5.32 Å². The molecule has 2 amide bonds. The molecule has 2 atom stereocenters. The second-order valence-corrected chi connectivity index (χ2v) is 8.58. The van der Waals surface area contributed by atoms with Crippen LogP contribution >= 0.6 is 0 Å². The summed E-state index contributed by atoms with van der Waals surface area (Å²) in [5.74, 6) is -0.129. The number of fused-ring (bicyclic) bond motifs is 2. The van der Waals surface area contributed by atoms with Crippen molar-refractivity contribution in [3.63, 3.8) is 0 Å². The average Bonchev–Trinajstić information content (AvgIpc) is 3.39. The lowest BCUT2D eigenvalue weighted by Gasteiger charge is -2.40. The summed E-state index contributed by atoms with van der Waals surface area (Å²) in [5, 5.41) is 12.2. The van der Waals surface area contributed by atoms with Crippen LogP contribution in [0.3, 0.4) is 0 Å². The van der Waals surface area contributed by atoms with E-state index in [-0.39, 0.29) is 23.8 Å². The van der Waals surface area contributed by atoms with Crippen molar-refractivity contribution < 1.29 is 18.6 Å². The summed E-state index contributed by atoms with van der Waals surface area (Å²) in [5.41, 5.74) is 3.09. The number of rotatable bonds is 4. The second-order valence-electron chi connectivity index (χ2n) is 8.58. The minimum Gasteiger partial charge on any atom is -0.350 e. The van der Waals surface area contributed by atoms with Crippen LogP contribution in [0.5, 0.6) is 0 Å². The van der Waals surface area contributed by atoms with Gasteiger partial charge in [0.2, 0.25) is 0 Å². The van der Waals surface area contributed by atoms with Crippen molar-refractivity contribution in [3.05, 3.63) is 47.0 Å². The lowest BCUT2D eigenvalue weighted by Crippen LogP contribution is -2.53. The Bertz CT molecular complexity index is 1360. The molecule has 0 spiro atoms. The number of carbonyl (C=O) groups excluding carboxylic acids is 2. The van der Waals surface area contributed by atoms with Gasteiger partial charge in [0.25, 0.3) is 23.2 Å². The van der Waals surface area contributed by atoms with E-state index in [4.69, 9.17) is 9.05 Å². The van der Waals surface area contributed by atoms with Crippen LogP contribution in [0.1, 0.15) is 51.9 Å². The minimum absolute atomic E-state index is 0.112. The van der Waals surface area contributed by atoms with Crippen molar-refractivity contribution in [3.8, 4) is 0 Å². The highest BCUT2D eigenvalue weighted by atomic mass is 16.5. The van der Waals surface area contributed by atoms with Crippen LogP contribution in [0.4, 0.5) is 0 Å². The summed E-state index contributed by atoms with van der Waals surface area (Å²) in [6, 6.07) is 3.36. The van der Waals surface area contributed by atoms with E-state index in [1.165, 1.54) is 12.4 Å². The van der Waals surface area contributed by atoms with Crippen LogP contribution in [0.25, 0.3) is 22.2 Å². The largest absolute Gasteiger partial charge is 0.350 e. The number of hydrogen-bond donors (Lipinski definition) is 1. The molecule has 4 aromatic rings. The highest BCUT2D eigenvalue weighted by molar-refractivity contribution is 5.98.